The summed E-state index contributed by atoms with van der Waals surface area (Å²) in [5.74, 6) is 1.21. The molecular formula is C17H27N3. The number of imidazole rings is 1. The Morgan fingerprint density at radius 3 is 2.70 bits per heavy atom. The molecule has 1 unspecified atom stereocenters. The molecule has 0 fully saturated rings. The van der Waals surface area contributed by atoms with Crippen LogP contribution in [0.15, 0.2) is 24.3 Å². The highest BCUT2D eigenvalue weighted by molar-refractivity contribution is 5.75. The minimum Gasteiger partial charge on any atom is -0.328 e. The molecular weight excluding hydrogens is 246 g/mol. The lowest BCUT2D eigenvalue weighted by atomic mass is 10.1. The molecule has 1 atom stereocenters. The molecule has 2 aromatic rings. The Balaban J connectivity index is 2.14. The number of nitrogens with one attached hydrogen (secondary N) is 1. The van der Waals surface area contributed by atoms with Crippen LogP contribution in [0.4, 0.5) is 0 Å². The van der Waals surface area contributed by atoms with Crippen molar-refractivity contribution in [3.63, 3.8) is 0 Å². The first-order valence-corrected chi connectivity index (χ1v) is 7.91. The summed E-state index contributed by atoms with van der Waals surface area (Å²) >= 11 is 0. The molecule has 1 aromatic heterocycles. The van der Waals surface area contributed by atoms with E-state index in [0.29, 0.717) is 6.04 Å². The second-order valence-corrected chi connectivity index (χ2v) is 5.45. The highest BCUT2D eigenvalue weighted by atomic mass is 15.1. The number of benzene rings is 1. The number of aromatic nitrogens is 2. The summed E-state index contributed by atoms with van der Waals surface area (Å²) in [5, 5.41) is 3.45. The van der Waals surface area contributed by atoms with Crippen molar-refractivity contribution in [2.45, 2.75) is 58.5 Å². The van der Waals surface area contributed by atoms with Crippen LogP contribution >= 0.6 is 0 Å². The van der Waals surface area contributed by atoms with Gasteiger partial charge in [-0.2, -0.15) is 0 Å². The highest BCUT2D eigenvalue weighted by Gasteiger charge is 2.14. The lowest BCUT2D eigenvalue weighted by molar-refractivity contribution is 0.474. The van der Waals surface area contributed by atoms with Crippen LogP contribution < -0.4 is 5.32 Å². The quantitative estimate of drug-likeness (QED) is 0.742. The Bertz CT molecular complexity index is 530. The third-order valence-electron chi connectivity index (χ3n) is 4.04. The van der Waals surface area contributed by atoms with Gasteiger partial charge < -0.3 is 9.88 Å². The SMILES string of the molecule is CCCCCC(Cc1nc2ccccc2n1CC)NC. The van der Waals surface area contributed by atoms with Gasteiger partial charge in [0.05, 0.1) is 11.0 Å². The molecule has 0 aliphatic carbocycles. The van der Waals surface area contributed by atoms with Crippen LogP contribution in [0.25, 0.3) is 11.0 Å². The van der Waals surface area contributed by atoms with Gasteiger partial charge in [0.1, 0.15) is 5.82 Å². The predicted molar refractivity (Wildman–Crippen MR) is 86.1 cm³/mol. The van der Waals surface area contributed by atoms with Crippen LogP contribution in [0.1, 0.15) is 45.4 Å². The van der Waals surface area contributed by atoms with E-state index in [1.807, 2.05) is 0 Å². The van der Waals surface area contributed by atoms with Gasteiger partial charge in [-0.25, -0.2) is 4.98 Å². The zero-order valence-electron chi connectivity index (χ0n) is 13.0. The van der Waals surface area contributed by atoms with E-state index < -0.39 is 0 Å². The monoisotopic (exact) mass is 273 g/mol. The lowest BCUT2D eigenvalue weighted by Gasteiger charge is -2.16. The summed E-state index contributed by atoms with van der Waals surface area (Å²) < 4.78 is 2.35. The number of aryl methyl sites for hydroxylation is 1. The number of hydrogen-bond acceptors (Lipinski definition) is 2. The van der Waals surface area contributed by atoms with Crippen molar-refractivity contribution in [1.29, 1.82) is 0 Å². The highest BCUT2D eigenvalue weighted by Crippen LogP contribution is 2.18. The van der Waals surface area contributed by atoms with Crippen LogP contribution in [-0.2, 0) is 13.0 Å². The molecule has 1 aromatic carbocycles. The molecule has 3 nitrogen and oxygen atoms in total. The Kier molecular flexibility index (Phi) is 5.60. The van der Waals surface area contributed by atoms with Crippen molar-refractivity contribution in [2.75, 3.05) is 7.05 Å². The first-order chi connectivity index (χ1) is 9.80. The maximum Gasteiger partial charge on any atom is 0.111 e. The zero-order chi connectivity index (χ0) is 14.4. The van der Waals surface area contributed by atoms with Gasteiger partial charge >= 0.3 is 0 Å². The Hall–Kier alpha value is -1.35. The van der Waals surface area contributed by atoms with Crippen molar-refractivity contribution >= 4 is 11.0 Å². The third-order valence-corrected chi connectivity index (χ3v) is 4.04. The average Bonchev–Trinajstić information content (AvgIpc) is 2.83. The molecule has 0 aliphatic heterocycles. The molecule has 0 saturated heterocycles. The van der Waals surface area contributed by atoms with E-state index in [1.54, 1.807) is 0 Å². The van der Waals surface area contributed by atoms with Crippen molar-refractivity contribution < 1.29 is 0 Å². The Morgan fingerprint density at radius 2 is 2.00 bits per heavy atom. The second-order valence-electron chi connectivity index (χ2n) is 5.45. The standard InChI is InChI=1S/C17H27N3/c1-4-6-7-10-14(18-3)13-17-19-15-11-8-9-12-16(15)20(17)5-2/h8-9,11-12,14,18H,4-7,10,13H2,1-3H3. The second kappa shape index (κ2) is 7.44. The molecule has 2 rings (SSSR count). The molecule has 3 heteroatoms. The van der Waals surface area contributed by atoms with Gasteiger partial charge in [-0.1, -0.05) is 38.3 Å². The Labute approximate surface area is 122 Å². The molecule has 20 heavy (non-hydrogen) atoms. The molecule has 0 aliphatic rings. The van der Waals surface area contributed by atoms with Gasteiger partial charge in [-0.15, -0.1) is 0 Å². The molecule has 0 bridgehead atoms. The summed E-state index contributed by atoms with van der Waals surface area (Å²) in [5.41, 5.74) is 2.38. The Morgan fingerprint density at radius 1 is 1.20 bits per heavy atom. The maximum atomic E-state index is 4.82. The van der Waals surface area contributed by atoms with E-state index in [1.165, 1.54) is 37.0 Å². The van der Waals surface area contributed by atoms with Crippen LogP contribution in [0.5, 0.6) is 0 Å². The van der Waals surface area contributed by atoms with E-state index >= 15 is 0 Å². The number of likely N-dealkylation sites (N-methyl/N-ethyl adjacent to an activating group) is 1. The fourth-order valence-electron chi connectivity index (χ4n) is 2.84. The smallest absolute Gasteiger partial charge is 0.111 e. The number of fused-ring (bicyclic) bond motifs is 1. The zero-order valence-corrected chi connectivity index (χ0v) is 13.0. The van der Waals surface area contributed by atoms with E-state index in [9.17, 15) is 0 Å². The van der Waals surface area contributed by atoms with Gasteiger partial charge in [0.15, 0.2) is 0 Å². The molecule has 0 spiro atoms. The third kappa shape index (κ3) is 3.40. The molecule has 1 heterocycles. The number of unbranched alkanes of at least 4 members (excludes halogenated alkanes) is 2. The van der Waals surface area contributed by atoms with Crippen LogP contribution in [0.2, 0.25) is 0 Å². The van der Waals surface area contributed by atoms with E-state index in [4.69, 9.17) is 4.98 Å². The van der Waals surface area contributed by atoms with Crippen LogP contribution in [0.3, 0.4) is 0 Å². The van der Waals surface area contributed by atoms with Crippen molar-refractivity contribution in [2.24, 2.45) is 0 Å². The van der Waals surface area contributed by atoms with Crippen molar-refractivity contribution in [3.8, 4) is 0 Å². The fourth-order valence-corrected chi connectivity index (χ4v) is 2.84. The van der Waals surface area contributed by atoms with E-state index in [0.717, 1.165) is 18.5 Å². The van der Waals surface area contributed by atoms with E-state index in [2.05, 4.69) is 55.0 Å². The van der Waals surface area contributed by atoms with Gasteiger partial charge in [-0.3, -0.25) is 0 Å². The molecule has 1 N–H and O–H groups in total. The predicted octanol–water partition coefficient (Wildman–Crippen LogP) is 3.77. The average molecular weight is 273 g/mol. The summed E-state index contributed by atoms with van der Waals surface area (Å²) in [6.07, 6.45) is 6.15. The fraction of sp³-hybridized carbons (Fsp3) is 0.588. The number of rotatable bonds is 8. The van der Waals surface area contributed by atoms with Gasteiger partial charge in [0, 0.05) is 19.0 Å². The maximum absolute atomic E-state index is 4.82. The van der Waals surface area contributed by atoms with E-state index in [-0.39, 0.29) is 0 Å². The lowest BCUT2D eigenvalue weighted by Crippen LogP contribution is -2.28. The number of para-hydroxylation sites is 2. The largest absolute Gasteiger partial charge is 0.328 e. The van der Waals surface area contributed by atoms with Gasteiger partial charge in [-0.05, 0) is 32.5 Å². The van der Waals surface area contributed by atoms with Crippen molar-refractivity contribution in [1.82, 2.24) is 14.9 Å². The summed E-state index contributed by atoms with van der Waals surface area (Å²) in [6, 6.07) is 8.97. The minimum absolute atomic E-state index is 0.531. The van der Waals surface area contributed by atoms with Gasteiger partial charge in [0.25, 0.3) is 0 Å². The molecule has 0 radical (unpaired) electrons. The normalized spacial score (nSPS) is 12.9. The van der Waals surface area contributed by atoms with Gasteiger partial charge in [0.2, 0.25) is 0 Å². The summed E-state index contributed by atoms with van der Waals surface area (Å²) in [6.45, 7) is 5.44. The first kappa shape index (κ1) is 15.0. The number of nitrogens with zero attached hydrogens (tertiary/aromatic N) is 2. The number of hydrogen-bond donors (Lipinski definition) is 1. The minimum atomic E-state index is 0.531. The summed E-state index contributed by atoms with van der Waals surface area (Å²) in [7, 11) is 2.07. The van der Waals surface area contributed by atoms with Crippen LogP contribution in [0, 0.1) is 0 Å². The molecule has 0 amide bonds. The van der Waals surface area contributed by atoms with Crippen molar-refractivity contribution in [3.05, 3.63) is 30.1 Å². The molecule has 0 saturated carbocycles. The first-order valence-electron chi connectivity index (χ1n) is 7.91. The molecule has 110 valence electrons. The van der Waals surface area contributed by atoms with Crippen LogP contribution in [-0.4, -0.2) is 22.6 Å². The topological polar surface area (TPSA) is 29.9 Å². The summed E-state index contributed by atoms with van der Waals surface area (Å²) in [4.78, 5) is 4.82.